The molecule has 0 atom stereocenters. The fourth-order valence-electron chi connectivity index (χ4n) is 1.78. The van der Waals surface area contributed by atoms with Crippen LogP contribution >= 0.6 is 0 Å². The molecule has 0 saturated carbocycles. The second-order valence-electron chi connectivity index (χ2n) is 6.22. The van der Waals surface area contributed by atoms with Gasteiger partial charge in [0.05, 0.1) is 0 Å². The Balaban J connectivity index is 4.25. The van der Waals surface area contributed by atoms with Crippen LogP contribution in [0.15, 0.2) is 71.5 Å². The topological polar surface area (TPSA) is 70.5 Å². The van der Waals surface area contributed by atoms with Gasteiger partial charge >= 0.3 is 0 Å². The summed E-state index contributed by atoms with van der Waals surface area (Å²) in [5.74, 6) is 0.229. The van der Waals surface area contributed by atoms with E-state index in [2.05, 4.69) is 53.0 Å². The molecule has 0 aromatic heterocycles. The summed E-state index contributed by atoms with van der Waals surface area (Å²) in [5.41, 5.74) is 15.7. The van der Waals surface area contributed by atoms with E-state index >= 15 is 0 Å². The molecule has 0 amide bonds. The van der Waals surface area contributed by atoms with Crippen LogP contribution in [0.2, 0.25) is 0 Å². The summed E-state index contributed by atoms with van der Waals surface area (Å²) in [7, 11) is 0. The van der Waals surface area contributed by atoms with Crippen LogP contribution in [0, 0.1) is 0 Å². The van der Waals surface area contributed by atoms with Gasteiger partial charge in [0, 0.05) is 12.2 Å². The zero-order chi connectivity index (χ0) is 18.5. The second kappa shape index (κ2) is 12.1. The van der Waals surface area contributed by atoms with Gasteiger partial charge in [-0.1, -0.05) is 36.5 Å². The maximum absolute atomic E-state index is 5.72. The minimum Gasteiger partial charge on any atom is -0.366 e. The average molecular weight is 332 g/mol. The molecule has 0 aliphatic carbocycles. The fourth-order valence-corrected chi connectivity index (χ4v) is 1.78. The maximum Gasteiger partial charge on any atom is 0.241 e. The van der Waals surface area contributed by atoms with Crippen LogP contribution in [0.4, 0.5) is 0 Å². The van der Waals surface area contributed by atoms with Gasteiger partial charge in [-0.15, -0.1) is 0 Å². The van der Waals surface area contributed by atoms with E-state index in [0.29, 0.717) is 0 Å². The lowest BCUT2D eigenvalue weighted by atomic mass is 10.1. The molecular weight excluding hydrogens is 300 g/mol. The number of allylic oxidation sites excluding steroid dienone is 8. The van der Waals surface area contributed by atoms with E-state index in [1.54, 1.807) is 12.2 Å². The first-order valence-electron chi connectivity index (χ1n) is 8.12. The normalized spacial score (nSPS) is 11.5. The SMILES string of the molecule is C=C(C=C(N)OOC(N)=CC(=C)CCC=C(C)C)CCC=C(C)C. The molecule has 0 aromatic carbocycles. The van der Waals surface area contributed by atoms with Gasteiger partial charge in [-0.3, -0.25) is 9.78 Å². The molecule has 0 rings (SSSR count). The minimum atomic E-state index is 0.115. The summed E-state index contributed by atoms with van der Waals surface area (Å²) < 4.78 is 0. The Bertz CT molecular complexity index is 494. The molecule has 0 spiro atoms. The van der Waals surface area contributed by atoms with Gasteiger partial charge in [-0.2, -0.15) is 0 Å². The number of hydrogen-bond acceptors (Lipinski definition) is 4. The summed E-state index contributed by atoms with van der Waals surface area (Å²) in [6.07, 6.45) is 11.0. The zero-order valence-corrected chi connectivity index (χ0v) is 15.5. The van der Waals surface area contributed by atoms with E-state index in [1.807, 2.05) is 0 Å². The van der Waals surface area contributed by atoms with Crippen molar-refractivity contribution in [1.82, 2.24) is 0 Å². The molecule has 0 radical (unpaired) electrons. The van der Waals surface area contributed by atoms with Crippen molar-refractivity contribution in [1.29, 1.82) is 0 Å². The van der Waals surface area contributed by atoms with Crippen LogP contribution < -0.4 is 11.5 Å². The summed E-state index contributed by atoms with van der Waals surface area (Å²) >= 11 is 0. The van der Waals surface area contributed by atoms with Crippen LogP contribution in [0.25, 0.3) is 0 Å². The van der Waals surface area contributed by atoms with Crippen molar-refractivity contribution in [2.24, 2.45) is 11.5 Å². The summed E-state index contributed by atoms with van der Waals surface area (Å²) in [6.45, 7) is 16.1. The Kier molecular flexibility index (Phi) is 10.9. The molecule has 0 unspecified atom stereocenters. The van der Waals surface area contributed by atoms with Crippen molar-refractivity contribution in [3.8, 4) is 0 Å². The van der Waals surface area contributed by atoms with E-state index in [1.165, 1.54) is 11.1 Å². The standard InChI is InChI=1S/C20H32N2O2/c1-15(2)9-7-11-17(5)13-19(21)23-24-20(22)14-18(6)12-8-10-16(3)4/h9-10,13-14H,5-8,11-12,21-22H2,1-4H3. The maximum atomic E-state index is 5.72. The van der Waals surface area contributed by atoms with Crippen molar-refractivity contribution < 1.29 is 9.78 Å². The van der Waals surface area contributed by atoms with Crippen molar-refractivity contribution in [3.63, 3.8) is 0 Å². The van der Waals surface area contributed by atoms with Gasteiger partial charge in [-0.25, -0.2) is 0 Å². The predicted molar refractivity (Wildman–Crippen MR) is 102 cm³/mol. The Morgan fingerprint density at radius 1 is 0.750 bits per heavy atom. The minimum absolute atomic E-state index is 0.115. The van der Waals surface area contributed by atoms with Gasteiger partial charge in [0.25, 0.3) is 0 Å². The van der Waals surface area contributed by atoms with Crippen LogP contribution in [0.1, 0.15) is 53.4 Å². The first kappa shape index (κ1) is 21.6. The summed E-state index contributed by atoms with van der Waals surface area (Å²) in [5, 5.41) is 0. The molecule has 0 bridgehead atoms. The molecule has 0 aliphatic rings. The summed E-state index contributed by atoms with van der Waals surface area (Å²) in [4.78, 5) is 9.92. The lowest BCUT2D eigenvalue weighted by Gasteiger charge is -2.07. The molecule has 4 heteroatoms. The highest BCUT2D eigenvalue weighted by atomic mass is 17.2. The fraction of sp³-hybridized carbons (Fsp3) is 0.400. The van der Waals surface area contributed by atoms with Crippen molar-refractivity contribution in [2.75, 3.05) is 0 Å². The lowest BCUT2D eigenvalue weighted by molar-refractivity contribution is -0.228. The Labute approximate surface area is 146 Å². The number of hydrogen-bond donors (Lipinski definition) is 2. The van der Waals surface area contributed by atoms with Crippen molar-refractivity contribution >= 4 is 0 Å². The monoisotopic (exact) mass is 332 g/mol. The second-order valence-corrected chi connectivity index (χ2v) is 6.22. The van der Waals surface area contributed by atoms with E-state index in [0.717, 1.165) is 36.8 Å². The predicted octanol–water partition coefficient (Wildman–Crippen LogP) is 5.14. The molecule has 4 nitrogen and oxygen atoms in total. The number of nitrogens with two attached hydrogens (primary N) is 2. The summed E-state index contributed by atoms with van der Waals surface area (Å²) in [6, 6.07) is 0. The molecule has 24 heavy (non-hydrogen) atoms. The lowest BCUT2D eigenvalue weighted by Crippen LogP contribution is -2.09. The molecular formula is C20H32N2O2. The molecule has 0 saturated heterocycles. The van der Waals surface area contributed by atoms with E-state index in [4.69, 9.17) is 21.2 Å². The first-order valence-corrected chi connectivity index (χ1v) is 8.12. The van der Waals surface area contributed by atoms with E-state index in [9.17, 15) is 0 Å². The van der Waals surface area contributed by atoms with Gasteiger partial charge in [-0.05, 0) is 64.5 Å². The molecule has 0 aromatic rings. The first-order chi connectivity index (χ1) is 11.2. The molecule has 0 heterocycles. The molecule has 4 N–H and O–H groups in total. The largest absolute Gasteiger partial charge is 0.366 e. The van der Waals surface area contributed by atoms with Gasteiger partial charge in [0.15, 0.2) is 0 Å². The quantitative estimate of drug-likeness (QED) is 0.181. The third-order valence-corrected chi connectivity index (χ3v) is 2.96. The zero-order valence-electron chi connectivity index (χ0n) is 15.5. The van der Waals surface area contributed by atoms with E-state index < -0.39 is 0 Å². The highest BCUT2D eigenvalue weighted by Crippen LogP contribution is 2.11. The highest BCUT2D eigenvalue weighted by molar-refractivity contribution is 5.18. The molecule has 134 valence electrons. The molecule has 0 fully saturated rings. The third-order valence-electron chi connectivity index (χ3n) is 2.96. The van der Waals surface area contributed by atoms with Crippen LogP contribution in [-0.2, 0) is 9.78 Å². The Morgan fingerprint density at radius 2 is 1.08 bits per heavy atom. The van der Waals surface area contributed by atoms with E-state index in [-0.39, 0.29) is 11.8 Å². The van der Waals surface area contributed by atoms with Crippen LogP contribution in [0.5, 0.6) is 0 Å². The van der Waals surface area contributed by atoms with Gasteiger partial charge in [0.1, 0.15) is 0 Å². The van der Waals surface area contributed by atoms with Crippen LogP contribution in [-0.4, -0.2) is 0 Å². The number of rotatable bonds is 11. The smallest absolute Gasteiger partial charge is 0.241 e. The van der Waals surface area contributed by atoms with Crippen molar-refractivity contribution in [3.05, 3.63) is 71.5 Å². The third kappa shape index (κ3) is 13.3. The Morgan fingerprint density at radius 3 is 1.38 bits per heavy atom. The van der Waals surface area contributed by atoms with Crippen LogP contribution in [0.3, 0.4) is 0 Å². The van der Waals surface area contributed by atoms with Gasteiger partial charge in [0.2, 0.25) is 11.8 Å². The average Bonchev–Trinajstić information content (AvgIpc) is 2.44. The Hall–Kier alpha value is -2.36. The van der Waals surface area contributed by atoms with Crippen molar-refractivity contribution in [2.45, 2.75) is 53.4 Å². The van der Waals surface area contributed by atoms with Gasteiger partial charge < -0.3 is 11.5 Å². The molecule has 0 aliphatic heterocycles. The highest BCUT2D eigenvalue weighted by Gasteiger charge is 1.99.